The zero-order valence-electron chi connectivity index (χ0n) is 24.8. The molecule has 0 heterocycles. The summed E-state index contributed by atoms with van der Waals surface area (Å²) in [4.78, 5) is 4.62. The highest BCUT2D eigenvalue weighted by molar-refractivity contribution is 6.11. The van der Waals surface area contributed by atoms with Gasteiger partial charge in [0, 0.05) is 44.8 Å². The van der Waals surface area contributed by atoms with Crippen LogP contribution in [-0.4, -0.2) is 31.7 Å². The van der Waals surface area contributed by atoms with Gasteiger partial charge in [-0.2, -0.15) is 0 Å². The van der Waals surface area contributed by atoms with Gasteiger partial charge in [0.2, 0.25) is 0 Å². The Hall–Kier alpha value is -4.71. The van der Waals surface area contributed by atoms with Crippen LogP contribution in [0.2, 0.25) is 0 Å². The van der Waals surface area contributed by atoms with Crippen LogP contribution in [-0.2, 0) is 6.54 Å². The summed E-state index contributed by atoms with van der Waals surface area (Å²) in [6.07, 6.45) is 1.67. The lowest BCUT2D eigenvalue weighted by Gasteiger charge is -2.22. The smallest absolute Gasteiger partial charge is 0.161 e. The number of phenols is 5. The topological polar surface area (TPSA) is 114 Å². The summed E-state index contributed by atoms with van der Waals surface area (Å²) < 4.78 is 0. The van der Waals surface area contributed by atoms with Gasteiger partial charge in [0.25, 0.3) is 0 Å². The summed E-state index contributed by atoms with van der Waals surface area (Å²) in [6, 6.07) is 16.6. The van der Waals surface area contributed by atoms with E-state index in [1.807, 2.05) is 84.0 Å². The zero-order chi connectivity index (χ0) is 30.5. The van der Waals surface area contributed by atoms with E-state index >= 15 is 0 Å². The predicted molar refractivity (Wildman–Crippen MR) is 171 cm³/mol. The molecule has 0 radical (unpaired) electrons. The molecular weight excluding hydrogens is 526 g/mol. The average Bonchev–Trinajstić information content (AvgIpc) is 2.91. The van der Waals surface area contributed by atoms with Gasteiger partial charge in [-0.3, -0.25) is 4.99 Å². The van der Waals surface area contributed by atoms with E-state index in [9.17, 15) is 25.5 Å². The van der Waals surface area contributed by atoms with Crippen LogP contribution in [0.3, 0.4) is 0 Å². The monoisotopic (exact) mass is 563 g/mol. The minimum atomic E-state index is -0.315. The highest BCUT2D eigenvalue weighted by atomic mass is 16.3. The summed E-state index contributed by atoms with van der Waals surface area (Å²) in [5, 5.41) is 58.1. The Morgan fingerprint density at radius 3 is 1.86 bits per heavy atom. The van der Waals surface area contributed by atoms with Crippen LogP contribution < -0.4 is 0 Å². The fraction of sp³-hybridized carbons (Fsp3) is 0.250. The minimum Gasteiger partial charge on any atom is -0.508 e. The lowest BCUT2D eigenvalue weighted by molar-refractivity contribution is 0.398. The molecule has 5 aromatic carbocycles. The molecule has 0 aliphatic heterocycles. The second-order valence-corrected chi connectivity index (χ2v) is 11.7. The minimum absolute atomic E-state index is 0.0200. The summed E-state index contributed by atoms with van der Waals surface area (Å²) in [6.45, 7) is 12.0. The Bertz CT molecular complexity index is 1870. The number of aryl methyl sites for hydroxylation is 2. The van der Waals surface area contributed by atoms with E-state index < -0.39 is 0 Å². The van der Waals surface area contributed by atoms with E-state index in [0.717, 1.165) is 11.1 Å². The second-order valence-electron chi connectivity index (χ2n) is 11.7. The summed E-state index contributed by atoms with van der Waals surface area (Å²) >= 11 is 0. The van der Waals surface area contributed by atoms with Crippen LogP contribution >= 0.6 is 0 Å². The molecule has 0 bridgehead atoms. The molecule has 5 N–H and O–H groups in total. The van der Waals surface area contributed by atoms with Gasteiger partial charge < -0.3 is 25.5 Å². The van der Waals surface area contributed by atoms with E-state index in [4.69, 9.17) is 0 Å². The van der Waals surface area contributed by atoms with E-state index in [-0.39, 0.29) is 40.6 Å². The Morgan fingerprint density at radius 1 is 0.643 bits per heavy atom. The van der Waals surface area contributed by atoms with Gasteiger partial charge in [0.05, 0.1) is 6.54 Å². The van der Waals surface area contributed by atoms with Crippen molar-refractivity contribution in [1.29, 1.82) is 0 Å². The quantitative estimate of drug-likeness (QED) is 0.105. The van der Waals surface area contributed by atoms with Crippen LogP contribution in [0.4, 0.5) is 0 Å². The molecule has 5 rings (SSSR count). The van der Waals surface area contributed by atoms with Crippen molar-refractivity contribution in [1.82, 2.24) is 0 Å². The van der Waals surface area contributed by atoms with Crippen molar-refractivity contribution < 1.29 is 25.5 Å². The molecule has 0 atom stereocenters. The lowest BCUT2D eigenvalue weighted by atomic mass is 9.84. The summed E-state index contributed by atoms with van der Waals surface area (Å²) in [5.74, 6) is -0.640. The largest absolute Gasteiger partial charge is 0.508 e. The molecule has 6 heteroatoms. The van der Waals surface area contributed by atoms with Crippen molar-refractivity contribution in [2.24, 2.45) is 4.99 Å². The highest BCUT2D eigenvalue weighted by Crippen LogP contribution is 2.51. The number of fused-ring (bicyclic) bond motifs is 2. The fourth-order valence-electron chi connectivity index (χ4n) is 6.15. The first-order chi connectivity index (χ1) is 19.9. The number of benzene rings is 5. The van der Waals surface area contributed by atoms with Gasteiger partial charge in [0.1, 0.15) is 17.2 Å². The van der Waals surface area contributed by atoms with Gasteiger partial charge in [0.15, 0.2) is 11.5 Å². The third-order valence-electron chi connectivity index (χ3n) is 8.00. The van der Waals surface area contributed by atoms with Crippen LogP contribution in [0.5, 0.6) is 28.7 Å². The molecule has 42 heavy (non-hydrogen) atoms. The van der Waals surface area contributed by atoms with Crippen LogP contribution in [0.15, 0.2) is 59.6 Å². The predicted octanol–water partition coefficient (Wildman–Crippen LogP) is 8.67. The first kappa shape index (κ1) is 28.8. The first-order valence-electron chi connectivity index (χ1n) is 14.2. The molecule has 5 aromatic rings. The number of rotatable bonds is 6. The molecule has 0 unspecified atom stereocenters. The number of aromatic hydroxyl groups is 5. The Morgan fingerprint density at radius 2 is 1.24 bits per heavy atom. The van der Waals surface area contributed by atoms with E-state index in [1.54, 1.807) is 12.3 Å². The molecule has 0 fully saturated rings. The summed E-state index contributed by atoms with van der Waals surface area (Å²) in [5.41, 5.74) is 5.16. The number of nitrogens with zero attached hydrogens (tertiary/aromatic N) is 1. The van der Waals surface area contributed by atoms with Gasteiger partial charge in [-0.25, -0.2) is 0 Å². The number of phenolic OH excluding ortho intramolecular Hbond substituents is 5. The van der Waals surface area contributed by atoms with Crippen molar-refractivity contribution in [3.05, 3.63) is 88.0 Å². The zero-order valence-corrected chi connectivity index (χ0v) is 24.8. The Labute approximate surface area is 245 Å². The summed E-state index contributed by atoms with van der Waals surface area (Å²) in [7, 11) is 0. The third kappa shape index (κ3) is 4.77. The Balaban J connectivity index is 1.82. The van der Waals surface area contributed by atoms with Gasteiger partial charge in [-0.1, -0.05) is 70.2 Å². The van der Waals surface area contributed by atoms with Crippen LogP contribution in [0, 0.1) is 13.8 Å². The molecular formula is C36H37NO5. The maximum atomic E-state index is 12.0. The van der Waals surface area contributed by atoms with E-state index in [2.05, 4.69) is 4.99 Å². The van der Waals surface area contributed by atoms with E-state index in [0.29, 0.717) is 61.5 Å². The maximum absolute atomic E-state index is 12.0. The lowest BCUT2D eigenvalue weighted by Crippen LogP contribution is -1.99. The van der Waals surface area contributed by atoms with E-state index in [1.165, 1.54) is 6.07 Å². The number of aliphatic imine (C=N–C) groups is 1. The first-order valence-corrected chi connectivity index (χ1v) is 14.2. The molecule has 0 saturated carbocycles. The van der Waals surface area contributed by atoms with Crippen LogP contribution in [0.25, 0.3) is 32.7 Å². The molecule has 6 nitrogen and oxygen atoms in total. The second kappa shape index (κ2) is 10.9. The molecule has 0 aliphatic rings. The van der Waals surface area contributed by atoms with Crippen molar-refractivity contribution >= 4 is 27.8 Å². The molecule has 0 spiro atoms. The van der Waals surface area contributed by atoms with Gasteiger partial charge in [-0.05, 0) is 65.3 Å². The molecule has 0 amide bonds. The van der Waals surface area contributed by atoms with Crippen molar-refractivity contribution in [3.63, 3.8) is 0 Å². The maximum Gasteiger partial charge on any atom is 0.161 e. The highest BCUT2D eigenvalue weighted by Gasteiger charge is 2.26. The van der Waals surface area contributed by atoms with Gasteiger partial charge in [-0.15, -0.1) is 0 Å². The average molecular weight is 564 g/mol. The molecule has 0 aromatic heterocycles. The van der Waals surface area contributed by atoms with Crippen molar-refractivity contribution in [2.45, 2.75) is 59.9 Å². The van der Waals surface area contributed by atoms with Crippen molar-refractivity contribution in [2.75, 3.05) is 0 Å². The number of hydrogen-bond acceptors (Lipinski definition) is 6. The van der Waals surface area contributed by atoms with Crippen LogP contribution in [0.1, 0.15) is 72.9 Å². The van der Waals surface area contributed by atoms with Gasteiger partial charge >= 0.3 is 0 Å². The number of hydrogen-bond donors (Lipinski definition) is 5. The SMILES string of the molecule is Cc1cc2c(C(C)C)c(O)c(O)cc2c(O)c1-c1c(C)cc2c(C(C)C)c(O)cc(C=NCc3ccccc3)c2c1O. The third-order valence-corrected chi connectivity index (χ3v) is 8.00. The molecule has 0 aliphatic carbocycles. The normalized spacial score (nSPS) is 12.0. The fourth-order valence-corrected chi connectivity index (χ4v) is 6.15. The standard InChI is InChI=1S/C36H37NO5/c1-18(2)29-26-13-21(6)32(31-20(5)12-24-25(34(31)40)15-28(39)35(41)30(24)19(3)4)36(42)33(26)23(14-27(29)38)17-37-16-22-10-8-7-9-11-22/h7-15,17-19,38-42H,16H2,1-6H3. The Kier molecular flexibility index (Phi) is 7.50. The molecule has 216 valence electrons. The van der Waals surface area contributed by atoms with Crippen molar-refractivity contribution in [3.8, 4) is 39.9 Å². The molecule has 0 saturated heterocycles.